The van der Waals surface area contributed by atoms with Gasteiger partial charge in [0, 0.05) is 31.8 Å². The number of aryl methyl sites for hydroxylation is 1. The first-order valence-corrected chi connectivity index (χ1v) is 6.45. The maximum absolute atomic E-state index is 11.9. The van der Waals surface area contributed by atoms with Crippen LogP contribution in [0.4, 0.5) is 0 Å². The van der Waals surface area contributed by atoms with Crippen LogP contribution in [0.5, 0.6) is 0 Å². The second-order valence-electron chi connectivity index (χ2n) is 4.85. The van der Waals surface area contributed by atoms with Gasteiger partial charge in [-0.2, -0.15) is 4.98 Å². The molecule has 6 nitrogen and oxygen atoms in total. The van der Waals surface area contributed by atoms with Crippen LogP contribution < -0.4 is 10.6 Å². The minimum Gasteiger partial charge on any atom is -0.355 e. The molecule has 1 saturated heterocycles. The molecule has 2 rings (SSSR count). The van der Waals surface area contributed by atoms with Gasteiger partial charge >= 0.3 is 0 Å². The Morgan fingerprint density at radius 3 is 3.11 bits per heavy atom. The van der Waals surface area contributed by atoms with Crippen LogP contribution in [0.3, 0.4) is 0 Å². The maximum atomic E-state index is 11.9. The minimum absolute atomic E-state index is 0.133. The maximum Gasteiger partial charge on any atom is 0.223 e. The van der Waals surface area contributed by atoms with Crippen molar-refractivity contribution in [3.8, 4) is 0 Å². The first-order valence-electron chi connectivity index (χ1n) is 6.45. The van der Waals surface area contributed by atoms with Crippen molar-refractivity contribution in [2.45, 2.75) is 39.2 Å². The first kappa shape index (κ1) is 13.0. The standard InChI is InChI=1S/C12H20N4O2/c1-8-7-10(3-5-13-8)12(17)14-6-4-11-15-9(2)18-16-11/h8,10,13H,3-7H2,1-2H3,(H,14,17). The van der Waals surface area contributed by atoms with E-state index in [-0.39, 0.29) is 11.8 Å². The molecule has 2 atom stereocenters. The van der Waals surface area contributed by atoms with Crippen molar-refractivity contribution in [2.75, 3.05) is 13.1 Å². The predicted octanol–water partition coefficient (Wildman–Crippen LogP) is 0.425. The zero-order valence-corrected chi connectivity index (χ0v) is 10.9. The average molecular weight is 252 g/mol. The van der Waals surface area contributed by atoms with E-state index < -0.39 is 0 Å². The van der Waals surface area contributed by atoms with Crippen LogP contribution in [0.15, 0.2) is 4.52 Å². The van der Waals surface area contributed by atoms with E-state index in [1.54, 1.807) is 6.92 Å². The molecule has 0 spiro atoms. The van der Waals surface area contributed by atoms with Gasteiger partial charge in [-0.3, -0.25) is 4.79 Å². The summed E-state index contributed by atoms with van der Waals surface area (Å²) in [4.78, 5) is 16.0. The van der Waals surface area contributed by atoms with Crippen LogP contribution in [0.25, 0.3) is 0 Å². The summed E-state index contributed by atoms with van der Waals surface area (Å²) >= 11 is 0. The van der Waals surface area contributed by atoms with Crippen LogP contribution in [-0.4, -0.2) is 35.2 Å². The lowest BCUT2D eigenvalue weighted by molar-refractivity contribution is -0.126. The van der Waals surface area contributed by atoms with Crippen molar-refractivity contribution in [3.05, 3.63) is 11.7 Å². The lowest BCUT2D eigenvalue weighted by Gasteiger charge is -2.27. The van der Waals surface area contributed by atoms with Crippen molar-refractivity contribution in [1.29, 1.82) is 0 Å². The number of nitrogens with one attached hydrogen (secondary N) is 2. The molecular weight excluding hydrogens is 232 g/mol. The second kappa shape index (κ2) is 5.95. The van der Waals surface area contributed by atoms with Gasteiger partial charge in [-0.1, -0.05) is 5.16 Å². The van der Waals surface area contributed by atoms with Gasteiger partial charge in [-0.25, -0.2) is 0 Å². The highest BCUT2D eigenvalue weighted by Gasteiger charge is 2.24. The highest BCUT2D eigenvalue weighted by atomic mass is 16.5. The summed E-state index contributed by atoms with van der Waals surface area (Å²) in [5.41, 5.74) is 0. The quantitative estimate of drug-likeness (QED) is 0.812. The van der Waals surface area contributed by atoms with E-state index in [0.29, 0.717) is 30.7 Å². The van der Waals surface area contributed by atoms with Gasteiger partial charge in [-0.05, 0) is 26.3 Å². The Kier molecular flexibility index (Phi) is 4.30. The van der Waals surface area contributed by atoms with Crippen molar-refractivity contribution in [1.82, 2.24) is 20.8 Å². The van der Waals surface area contributed by atoms with Crippen molar-refractivity contribution >= 4 is 5.91 Å². The van der Waals surface area contributed by atoms with Crippen molar-refractivity contribution in [3.63, 3.8) is 0 Å². The molecule has 6 heteroatoms. The molecular formula is C12H20N4O2. The number of carbonyl (C=O) groups excluding carboxylic acids is 1. The number of aromatic nitrogens is 2. The minimum atomic E-state index is 0.133. The predicted molar refractivity (Wildman–Crippen MR) is 65.9 cm³/mol. The molecule has 2 unspecified atom stereocenters. The summed E-state index contributed by atoms with van der Waals surface area (Å²) < 4.78 is 4.87. The molecule has 0 radical (unpaired) electrons. The number of carbonyl (C=O) groups is 1. The van der Waals surface area contributed by atoms with E-state index in [2.05, 4.69) is 27.7 Å². The van der Waals surface area contributed by atoms with Gasteiger partial charge in [0.1, 0.15) is 0 Å². The molecule has 1 amide bonds. The summed E-state index contributed by atoms with van der Waals surface area (Å²) in [6.45, 7) is 5.35. The molecule has 1 fully saturated rings. The second-order valence-corrected chi connectivity index (χ2v) is 4.85. The van der Waals surface area contributed by atoms with Gasteiger partial charge in [0.25, 0.3) is 0 Å². The van der Waals surface area contributed by atoms with E-state index in [4.69, 9.17) is 4.52 Å². The summed E-state index contributed by atoms with van der Waals surface area (Å²) in [5.74, 6) is 1.48. The van der Waals surface area contributed by atoms with E-state index >= 15 is 0 Å². The van der Waals surface area contributed by atoms with Gasteiger partial charge in [-0.15, -0.1) is 0 Å². The smallest absolute Gasteiger partial charge is 0.223 e. The Labute approximate surface area is 107 Å². The van der Waals surface area contributed by atoms with Gasteiger partial charge in [0.05, 0.1) is 0 Å². The third kappa shape index (κ3) is 3.53. The van der Waals surface area contributed by atoms with Gasteiger partial charge in [0.2, 0.25) is 11.8 Å². The number of nitrogens with zero attached hydrogens (tertiary/aromatic N) is 2. The summed E-state index contributed by atoms with van der Waals surface area (Å²) in [6, 6.07) is 0.425. The molecule has 0 bridgehead atoms. The van der Waals surface area contributed by atoms with Gasteiger partial charge < -0.3 is 15.2 Å². The first-order chi connectivity index (χ1) is 8.65. The molecule has 1 aliphatic rings. The fourth-order valence-corrected chi connectivity index (χ4v) is 2.25. The van der Waals surface area contributed by atoms with Crippen LogP contribution in [-0.2, 0) is 11.2 Å². The van der Waals surface area contributed by atoms with Crippen LogP contribution in [0.2, 0.25) is 0 Å². The van der Waals surface area contributed by atoms with E-state index in [1.807, 2.05) is 0 Å². The molecule has 2 N–H and O–H groups in total. The lowest BCUT2D eigenvalue weighted by atomic mass is 9.92. The molecule has 18 heavy (non-hydrogen) atoms. The number of hydrogen-bond donors (Lipinski definition) is 2. The summed E-state index contributed by atoms with van der Waals surface area (Å²) in [5, 5.41) is 10.1. The van der Waals surface area contributed by atoms with Crippen LogP contribution in [0.1, 0.15) is 31.5 Å². The Hall–Kier alpha value is -1.43. The highest BCUT2D eigenvalue weighted by Crippen LogP contribution is 2.15. The summed E-state index contributed by atoms with van der Waals surface area (Å²) in [6.07, 6.45) is 2.44. The number of piperidine rings is 1. The largest absolute Gasteiger partial charge is 0.355 e. The number of hydrogen-bond acceptors (Lipinski definition) is 5. The van der Waals surface area contributed by atoms with Gasteiger partial charge in [0.15, 0.2) is 5.82 Å². The number of rotatable bonds is 4. The molecule has 2 heterocycles. The summed E-state index contributed by atoms with van der Waals surface area (Å²) in [7, 11) is 0. The van der Waals surface area contributed by atoms with E-state index in [1.165, 1.54) is 0 Å². The zero-order valence-electron chi connectivity index (χ0n) is 10.9. The topological polar surface area (TPSA) is 80.0 Å². The SMILES string of the molecule is Cc1nc(CCNC(=O)C2CCNC(C)C2)no1. The normalized spacial score (nSPS) is 23.9. The van der Waals surface area contributed by atoms with E-state index in [9.17, 15) is 4.79 Å². The molecule has 0 aromatic carbocycles. The Morgan fingerprint density at radius 2 is 2.44 bits per heavy atom. The zero-order chi connectivity index (χ0) is 13.0. The fourth-order valence-electron chi connectivity index (χ4n) is 2.25. The third-order valence-corrected chi connectivity index (χ3v) is 3.21. The Morgan fingerprint density at radius 1 is 1.61 bits per heavy atom. The highest BCUT2D eigenvalue weighted by molar-refractivity contribution is 5.78. The van der Waals surface area contributed by atoms with Crippen LogP contribution >= 0.6 is 0 Å². The molecule has 1 aliphatic heterocycles. The number of amides is 1. The molecule has 0 saturated carbocycles. The molecule has 1 aromatic heterocycles. The Bertz CT molecular complexity index is 405. The lowest BCUT2D eigenvalue weighted by Crippen LogP contribution is -2.42. The fraction of sp³-hybridized carbons (Fsp3) is 0.750. The molecule has 100 valence electrons. The Balaban J connectivity index is 1.71. The third-order valence-electron chi connectivity index (χ3n) is 3.21. The van der Waals surface area contributed by atoms with Crippen molar-refractivity contribution in [2.24, 2.45) is 5.92 Å². The van der Waals surface area contributed by atoms with E-state index in [0.717, 1.165) is 19.4 Å². The average Bonchev–Trinajstić information content (AvgIpc) is 2.75. The molecule has 0 aliphatic carbocycles. The molecule has 1 aromatic rings. The monoisotopic (exact) mass is 252 g/mol. The van der Waals surface area contributed by atoms with Crippen molar-refractivity contribution < 1.29 is 9.32 Å². The van der Waals surface area contributed by atoms with Crippen LogP contribution in [0, 0.1) is 12.8 Å².